The van der Waals surface area contributed by atoms with E-state index in [0.29, 0.717) is 38.0 Å². The average molecular weight is 504 g/mol. The Bertz CT molecular complexity index is 1520. The van der Waals surface area contributed by atoms with Crippen molar-refractivity contribution in [3.63, 3.8) is 0 Å². The number of nitrogens with one attached hydrogen (secondary N) is 3. The van der Waals surface area contributed by atoms with Gasteiger partial charge in [0.1, 0.15) is 5.82 Å². The minimum Gasteiger partial charge on any atom is -0.384 e. The van der Waals surface area contributed by atoms with Gasteiger partial charge in [-0.25, -0.2) is 19.9 Å². The minimum absolute atomic E-state index is 0.0344. The zero-order valence-electron chi connectivity index (χ0n) is 19.4. The molecule has 6 rings (SSSR count). The number of amides is 1. The molecule has 0 aliphatic carbocycles. The third kappa shape index (κ3) is 3.79. The van der Waals surface area contributed by atoms with Crippen LogP contribution in [0.5, 0.6) is 0 Å². The zero-order chi connectivity index (χ0) is 25.5. The van der Waals surface area contributed by atoms with Gasteiger partial charge in [0.25, 0.3) is 11.7 Å². The second-order valence-electron chi connectivity index (χ2n) is 8.46. The summed E-state index contributed by atoms with van der Waals surface area (Å²) in [5.74, 6) is -1.08. The molecular formula is C23H22FN11O2. The predicted molar refractivity (Wildman–Crippen MR) is 133 cm³/mol. The molecule has 0 bridgehead atoms. The van der Waals surface area contributed by atoms with Gasteiger partial charge < -0.3 is 20.5 Å². The van der Waals surface area contributed by atoms with Crippen LogP contribution in [0.15, 0.2) is 60.1 Å². The normalized spacial score (nSPS) is 15.7. The molecule has 14 heteroatoms. The first kappa shape index (κ1) is 22.5. The number of rotatable bonds is 4. The topological polar surface area (TPSA) is 153 Å². The summed E-state index contributed by atoms with van der Waals surface area (Å²) in [6.45, 7) is 1.51. The van der Waals surface area contributed by atoms with Gasteiger partial charge in [0.05, 0.1) is 34.5 Å². The summed E-state index contributed by atoms with van der Waals surface area (Å²) in [4.78, 5) is 36.7. The van der Waals surface area contributed by atoms with Gasteiger partial charge in [0.15, 0.2) is 11.6 Å². The second-order valence-corrected chi connectivity index (χ2v) is 8.46. The Balaban J connectivity index is 1.19. The first-order valence-corrected chi connectivity index (χ1v) is 11.5. The second kappa shape index (κ2) is 8.91. The molecule has 0 unspecified atom stereocenters. The van der Waals surface area contributed by atoms with Crippen molar-refractivity contribution in [2.45, 2.75) is 0 Å². The number of benzene rings is 1. The largest absolute Gasteiger partial charge is 0.384 e. The smallest absolute Gasteiger partial charge is 0.295 e. The number of carbonyl (C=O) groups excluding carboxylic acids is 2. The molecule has 37 heavy (non-hydrogen) atoms. The number of guanidine groups is 1. The maximum atomic E-state index is 14.8. The van der Waals surface area contributed by atoms with E-state index in [0.717, 1.165) is 11.9 Å². The van der Waals surface area contributed by atoms with Gasteiger partial charge in [-0.2, -0.15) is 9.78 Å². The summed E-state index contributed by atoms with van der Waals surface area (Å²) in [7, 11) is 0. The number of pyridine rings is 1. The molecular weight excluding hydrogens is 481 g/mol. The third-order valence-electron chi connectivity index (χ3n) is 6.34. The van der Waals surface area contributed by atoms with E-state index in [1.807, 2.05) is 35.2 Å². The number of H-pyrrole nitrogens is 1. The van der Waals surface area contributed by atoms with Crippen LogP contribution in [0, 0.1) is 5.82 Å². The van der Waals surface area contributed by atoms with E-state index in [1.54, 1.807) is 11.1 Å². The zero-order valence-corrected chi connectivity index (χ0v) is 19.4. The number of nitrogen functional groups attached to an aromatic ring is 1. The molecule has 1 fully saturated rings. The summed E-state index contributed by atoms with van der Waals surface area (Å²) < 4.78 is 16.1. The van der Waals surface area contributed by atoms with Crippen LogP contribution in [0.1, 0.15) is 10.4 Å². The van der Waals surface area contributed by atoms with Gasteiger partial charge in [0.2, 0.25) is 5.96 Å². The van der Waals surface area contributed by atoms with Crippen molar-refractivity contribution >= 4 is 40.1 Å². The van der Waals surface area contributed by atoms with Gasteiger partial charge >= 0.3 is 0 Å². The first-order valence-electron chi connectivity index (χ1n) is 11.5. The molecule has 1 saturated heterocycles. The Labute approximate surface area is 209 Å². The SMILES string of the molecule is Nc1ccnn1-c1ncc(F)c2c(C(=O)C(=O)N3CCN(C4=NNNN4c4ccccc4)CC3)c[nH]c12. The van der Waals surface area contributed by atoms with Gasteiger partial charge in [-0.3, -0.25) is 9.59 Å². The molecule has 1 amide bonds. The average Bonchev–Trinajstić information content (AvgIpc) is 3.69. The van der Waals surface area contributed by atoms with E-state index in [4.69, 9.17) is 5.73 Å². The van der Waals surface area contributed by atoms with E-state index in [-0.39, 0.29) is 22.3 Å². The number of hydrazine groups is 2. The molecule has 5 heterocycles. The fourth-order valence-corrected chi connectivity index (χ4v) is 4.49. The van der Waals surface area contributed by atoms with E-state index in [9.17, 15) is 14.0 Å². The van der Waals surface area contributed by atoms with Crippen LogP contribution in [0.3, 0.4) is 0 Å². The van der Waals surface area contributed by atoms with Crippen LogP contribution >= 0.6 is 0 Å². The van der Waals surface area contributed by atoms with Crippen LogP contribution in [-0.2, 0) is 4.79 Å². The number of hydrogen-bond acceptors (Lipinski definition) is 10. The maximum absolute atomic E-state index is 14.8. The molecule has 0 atom stereocenters. The van der Waals surface area contributed by atoms with Gasteiger partial charge in [-0.1, -0.05) is 18.2 Å². The number of anilines is 2. The molecule has 5 N–H and O–H groups in total. The first-order chi connectivity index (χ1) is 18.0. The lowest BCUT2D eigenvalue weighted by Crippen LogP contribution is -2.56. The van der Waals surface area contributed by atoms with Crippen molar-refractivity contribution in [2.75, 3.05) is 36.9 Å². The predicted octanol–water partition coefficient (Wildman–Crippen LogP) is 0.597. The summed E-state index contributed by atoms with van der Waals surface area (Å²) in [5.41, 5.74) is 12.7. The number of hydrogen-bond donors (Lipinski definition) is 4. The number of nitrogens with two attached hydrogens (primary N) is 1. The lowest BCUT2D eigenvalue weighted by Gasteiger charge is -2.37. The van der Waals surface area contributed by atoms with E-state index < -0.39 is 17.5 Å². The monoisotopic (exact) mass is 503 g/mol. The Kier molecular flexibility index (Phi) is 5.41. The number of ketones is 1. The summed E-state index contributed by atoms with van der Waals surface area (Å²) in [6, 6.07) is 11.2. The number of para-hydroxylation sites is 1. The number of fused-ring (bicyclic) bond motifs is 1. The number of aromatic amines is 1. The van der Waals surface area contributed by atoms with Crippen molar-refractivity contribution in [1.29, 1.82) is 0 Å². The molecule has 2 aliphatic rings. The molecule has 0 radical (unpaired) electrons. The third-order valence-corrected chi connectivity index (χ3v) is 6.34. The Hall–Kier alpha value is -4.98. The van der Waals surface area contributed by atoms with Gasteiger partial charge in [-0.15, -0.1) is 10.6 Å². The van der Waals surface area contributed by atoms with Crippen molar-refractivity contribution in [3.05, 3.63) is 66.4 Å². The number of Topliss-reactive ketones (excluding diaryl/α,β-unsaturated/α-hetero) is 1. The lowest BCUT2D eigenvalue weighted by atomic mass is 10.1. The quantitative estimate of drug-likeness (QED) is 0.232. The number of carbonyl (C=O) groups is 2. The van der Waals surface area contributed by atoms with E-state index in [1.165, 1.54) is 22.0 Å². The van der Waals surface area contributed by atoms with Crippen LogP contribution in [0.2, 0.25) is 0 Å². The van der Waals surface area contributed by atoms with Gasteiger partial charge in [-0.05, 0) is 12.1 Å². The number of hydrazone groups is 1. The highest BCUT2D eigenvalue weighted by molar-refractivity contribution is 6.45. The summed E-state index contributed by atoms with van der Waals surface area (Å²) in [5, 5.41) is 10.2. The van der Waals surface area contributed by atoms with Crippen molar-refractivity contribution < 1.29 is 14.0 Å². The molecule has 3 aromatic heterocycles. The summed E-state index contributed by atoms with van der Waals surface area (Å²) >= 11 is 0. The molecule has 1 aromatic carbocycles. The number of piperazine rings is 1. The molecule has 188 valence electrons. The number of halogens is 1. The molecule has 2 aliphatic heterocycles. The fraction of sp³-hybridized carbons (Fsp3) is 0.174. The highest BCUT2D eigenvalue weighted by Gasteiger charge is 2.33. The highest BCUT2D eigenvalue weighted by Crippen LogP contribution is 2.27. The van der Waals surface area contributed by atoms with Gasteiger partial charge in [0, 0.05) is 38.4 Å². The number of aromatic nitrogens is 4. The lowest BCUT2D eigenvalue weighted by molar-refractivity contribution is -0.127. The maximum Gasteiger partial charge on any atom is 0.295 e. The molecule has 4 aromatic rings. The Morgan fingerprint density at radius 2 is 1.84 bits per heavy atom. The standard InChI is InChI=1S/C23H22FN11O2/c24-16-13-27-21(35-17(25)6-7-28-35)19-18(16)15(12-26-19)20(36)22(37)32-8-10-33(11-9-32)23-29-30-31-34(23)14-4-2-1-3-5-14/h1-7,12-13,26,30-31H,8-11,25H2. The van der Waals surface area contributed by atoms with E-state index in [2.05, 4.69) is 31.2 Å². The Morgan fingerprint density at radius 1 is 1.05 bits per heavy atom. The van der Waals surface area contributed by atoms with E-state index >= 15 is 0 Å². The number of nitrogens with zero attached hydrogens (tertiary/aromatic N) is 7. The fourth-order valence-electron chi connectivity index (χ4n) is 4.49. The molecule has 0 spiro atoms. The van der Waals surface area contributed by atoms with Crippen molar-refractivity contribution in [1.82, 2.24) is 40.6 Å². The van der Waals surface area contributed by atoms with Crippen molar-refractivity contribution in [2.24, 2.45) is 5.10 Å². The summed E-state index contributed by atoms with van der Waals surface area (Å²) in [6.07, 6.45) is 3.78. The van der Waals surface area contributed by atoms with Crippen LogP contribution < -0.4 is 21.8 Å². The van der Waals surface area contributed by atoms with Crippen LogP contribution in [0.25, 0.3) is 16.7 Å². The van der Waals surface area contributed by atoms with Crippen molar-refractivity contribution in [3.8, 4) is 5.82 Å². The highest BCUT2D eigenvalue weighted by atomic mass is 19.1. The van der Waals surface area contributed by atoms with Crippen LogP contribution in [0.4, 0.5) is 15.9 Å². The molecule has 0 saturated carbocycles. The molecule has 13 nitrogen and oxygen atoms in total. The minimum atomic E-state index is -0.809. The Morgan fingerprint density at radius 3 is 2.57 bits per heavy atom. The van der Waals surface area contributed by atoms with Crippen LogP contribution in [-0.4, -0.2) is 73.4 Å².